The van der Waals surface area contributed by atoms with Crippen molar-refractivity contribution < 1.29 is 9.57 Å². The minimum Gasteiger partial charge on any atom is -0.363 e. The summed E-state index contributed by atoms with van der Waals surface area (Å²) in [6.07, 6.45) is 2.18. The van der Waals surface area contributed by atoms with Gasteiger partial charge in [0.05, 0.1) is 18.2 Å². The minimum atomic E-state index is -0.0945. The van der Waals surface area contributed by atoms with Gasteiger partial charge in [0.2, 0.25) is 6.29 Å². The minimum absolute atomic E-state index is 0.0945. The van der Waals surface area contributed by atoms with Crippen LogP contribution in [0.3, 0.4) is 0 Å². The Labute approximate surface area is 79.1 Å². The zero-order valence-electron chi connectivity index (χ0n) is 8.54. The van der Waals surface area contributed by atoms with E-state index in [2.05, 4.69) is 25.9 Å². The molecular weight excluding hydrogens is 166 g/mol. The Kier molecular flexibility index (Phi) is 2.06. The van der Waals surface area contributed by atoms with Crippen molar-refractivity contribution in [1.82, 2.24) is 0 Å². The third kappa shape index (κ3) is 1.57. The van der Waals surface area contributed by atoms with Gasteiger partial charge >= 0.3 is 0 Å². The van der Waals surface area contributed by atoms with Crippen molar-refractivity contribution >= 4 is 5.71 Å². The number of ether oxygens (including phenoxy) is 1. The summed E-state index contributed by atoms with van der Waals surface area (Å²) in [6, 6.07) is 0. The molecule has 1 fully saturated rings. The van der Waals surface area contributed by atoms with Crippen LogP contribution in [0.1, 0.15) is 33.6 Å². The van der Waals surface area contributed by atoms with Crippen molar-refractivity contribution in [3.05, 3.63) is 0 Å². The fourth-order valence-electron chi connectivity index (χ4n) is 1.99. The van der Waals surface area contributed by atoms with Gasteiger partial charge in [0.15, 0.2) is 0 Å². The third-order valence-electron chi connectivity index (χ3n) is 2.64. The number of nitrogens with zero attached hydrogens (tertiary/aromatic N) is 1. The molecule has 3 heteroatoms. The van der Waals surface area contributed by atoms with E-state index in [0.29, 0.717) is 5.92 Å². The van der Waals surface area contributed by atoms with Crippen LogP contribution in [0.15, 0.2) is 5.16 Å². The summed E-state index contributed by atoms with van der Waals surface area (Å²) in [5.41, 5.74) is 1.28. The van der Waals surface area contributed by atoms with Gasteiger partial charge in [0.1, 0.15) is 0 Å². The van der Waals surface area contributed by atoms with Crippen molar-refractivity contribution in [3.63, 3.8) is 0 Å². The Bertz CT molecular complexity index is 230. The Morgan fingerprint density at radius 1 is 1.38 bits per heavy atom. The highest BCUT2D eigenvalue weighted by atomic mass is 16.8. The lowest BCUT2D eigenvalue weighted by Crippen LogP contribution is -2.36. The lowest BCUT2D eigenvalue weighted by molar-refractivity contribution is -0.162. The second-order valence-corrected chi connectivity index (χ2v) is 4.82. The van der Waals surface area contributed by atoms with Crippen molar-refractivity contribution in [3.8, 4) is 0 Å². The summed E-state index contributed by atoms with van der Waals surface area (Å²) in [5, 5.41) is 4.14. The second kappa shape index (κ2) is 2.98. The van der Waals surface area contributed by atoms with Gasteiger partial charge in [-0.2, -0.15) is 0 Å². The molecule has 0 radical (unpaired) electrons. The van der Waals surface area contributed by atoms with Crippen molar-refractivity contribution in [2.24, 2.45) is 16.5 Å². The molecular formula is C10H17NO2. The normalized spacial score (nSPS) is 33.6. The fourth-order valence-corrected chi connectivity index (χ4v) is 1.99. The molecule has 2 unspecified atom stereocenters. The summed E-state index contributed by atoms with van der Waals surface area (Å²) in [5.74, 6) is 0.397. The van der Waals surface area contributed by atoms with Crippen molar-refractivity contribution in [2.75, 3.05) is 6.61 Å². The quantitative estimate of drug-likeness (QED) is 0.576. The highest BCUT2D eigenvalue weighted by Gasteiger charge is 2.41. The monoisotopic (exact) mass is 183 g/mol. The van der Waals surface area contributed by atoms with Crippen LogP contribution in [-0.2, 0) is 9.57 Å². The van der Waals surface area contributed by atoms with Gasteiger partial charge in [-0.25, -0.2) is 0 Å². The molecule has 2 aliphatic heterocycles. The van der Waals surface area contributed by atoms with E-state index in [-0.39, 0.29) is 11.7 Å². The van der Waals surface area contributed by atoms with Crippen LogP contribution in [0.5, 0.6) is 0 Å². The predicted molar refractivity (Wildman–Crippen MR) is 50.4 cm³/mol. The van der Waals surface area contributed by atoms with E-state index in [1.807, 2.05) is 0 Å². The first-order valence-corrected chi connectivity index (χ1v) is 4.95. The third-order valence-corrected chi connectivity index (χ3v) is 2.64. The smallest absolute Gasteiger partial charge is 0.235 e. The molecule has 13 heavy (non-hydrogen) atoms. The van der Waals surface area contributed by atoms with Gasteiger partial charge < -0.3 is 9.57 Å². The van der Waals surface area contributed by atoms with E-state index in [1.165, 1.54) is 0 Å². The molecule has 1 saturated heterocycles. The fraction of sp³-hybridized carbons (Fsp3) is 0.900. The van der Waals surface area contributed by atoms with Crippen LogP contribution in [0.2, 0.25) is 0 Å². The molecule has 2 atom stereocenters. The average molecular weight is 183 g/mol. The molecule has 0 saturated carbocycles. The molecule has 3 nitrogen and oxygen atoms in total. The standard InChI is InChI=1S/C10H17NO2/c1-10(2,3)8-7-5-4-6-12-9(7)13-11-8/h7,9H,4-6H2,1-3H3. The maximum Gasteiger partial charge on any atom is 0.235 e. The van der Waals surface area contributed by atoms with Crippen LogP contribution in [-0.4, -0.2) is 18.6 Å². The summed E-state index contributed by atoms with van der Waals surface area (Å²) in [4.78, 5) is 5.26. The highest BCUT2D eigenvalue weighted by Crippen LogP contribution is 2.35. The molecule has 0 aromatic heterocycles. The molecule has 2 heterocycles. The summed E-state index contributed by atoms with van der Waals surface area (Å²) in [6.45, 7) is 7.33. The molecule has 0 N–H and O–H groups in total. The van der Waals surface area contributed by atoms with Crippen molar-refractivity contribution in [2.45, 2.75) is 39.9 Å². The molecule has 0 aliphatic carbocycles. The van der Waals surface area contributed by atoms with Crippen LogP contribution in [0.4, 0.5) is 0 Å². The molecule has 2 rings (SSSR count). The molecule has 0 bridgehead atoms. The largest absolute Gasteiger partial charge is 0.363 e. The SMILES string of the molecule is CC(C)(C)C1=NOC2OCCCC12. The number of hydrogen-bond acceptors (Lipinski definition) is 3. The van der Waals surface area contributed by atoms with E-state index < -0.39 is 0 Å². The number of fused-ring (bicyclic) bond motifs is 1. The summed E-state index contributed by atoms with van der Waals surface area (Å²) >= 11 is 0. The van der Waals surface area contributed by atoms with Crippen LogP contribution < -0.4 is 0 Å². The molecule has 0 aromatic rings. The first-order chi connectivity index (χ1) is 6.09. The Hall–Kier alpha value is -0.570. The zero-order chi connectivity index (χ0) is 9.47. The van der Waals surface area contributed by atoms with Crippen LogP contribution in [0.25, 0.3) is 0 Å². The maximum absolute atomic E-state index is 5.49. The van der Waals surface area contributed by atoms with Gasteiger partial charge in [-0.3, -0.25) is 0 Å². The molecule has 0 spiro atoms. The van der Waals surface area contributed by atoms with Gasteiger partial charge in [0, 0.05) is 5.41 Å². The van der Waals surface area contributed by atoms with E-state index in [4.69, 9.17) is 9.57 Å². The number of hydrogen-bond donors (Lipinski definition) is 0. The van der Waals surface area contributed by atoms with Gasteiger partial charge in [-0.1, -0.05) is 25.9 Å². The Balaban J connectivity index is 2.14. The van der Waals surface area contributed by atoms with Gasteiger partial charge in [0.25, 0.3) is 0 Å². The topological polar surface area (TPSA) is 30.8 Å². The first kappa shape index (κ1) is 9.00. The molecule has 0 aromatic carbocycles. The van der Waals surface area contributed by atoms with Gasteiger partial charge in [-0.15, -0.1) is 0 Å². The van der Waals surface area contributed by atoms with Crippen LogP contribution >= 0.6 is 0 Å². The molecule has 74 valence electrons. The van der Waals surface area contributed by atoms with E-state index >= 15 is 0 Å². The van der Waals surface area contributed by atoms with Crippen molar-refractivity contribution in [1.29, 1.82) is 0 Å². The Morgan fingerprint density at radius 3 is 2.85 bits per heavy atom. The van der Waals surface area contributed by atoms with Gasteiger partial charge in [-0.05, 0) is 12.8 Å². The summed E-state index contributed by atoms with van der Waals surface area (Å²) in [7, 11) is 0. The Morgan fingerprint density at radius 2 is 2.15 bits per heavy atom. The molecule has 2 aliphatic rings. The highest BCUT2D eigenvalue weighted by molar-refractivity contribution is 5.92. The first-order valence-electron chi connectivity index (χ1n) is 4.95. The lowest BCUT2D eigenvalue weighted by atomic mass is 9.80. The average Bonchev–Trinajstić information content (AvgIpc) is 2.45. The summed E-state index contributed by atoms with van der Waals surface area (Å²) < 4.78 is 5.49. The lowest BCUT2D eigenvalue weighted by Gasteiger charge is -2.28. The van der Waals surface area contributed by atoms with E-state index in [9.17, 15) is 0 Å². The van der Waals surface area contributed by atoms with E-state index in [0.717, 1.165) is 25.2 Å². The molecule has 0 amide bonds. The predicted octanol–water partition coefficient (Wildman–Crippen LogP) is 2.17. The van der Waals surface area contributed by atoms with Crippen LogP contribution in [0, 0.1) is 11.3 Å². The number of oxime groups is 1. The maximum atomic E-state index is 5.49. The van der Waals surface area contributed by atoms with E-state index in [1.54, 1.807) is 0 Å². The second-order valence-electron chi connectivity index (χ2n) is 4.82. The number of rotatable bonds is 0. The zero-order valence-corrected chi connectivity index (χ0v) is 8.54.